The Morgan fingerprint density at radius 3 is 2.81 bits per heavy atom. The first-order valence-electron chi connectivity index (χ1n) is 7.73. The number of ether oxygens (including phenoxy) is 1. The van der Waals surface area contributed by atoms with Crippen molar-refractivity contribution in [2.24, 2.45) is 0 Å². The summed E-state index contributed by atoms with van der Waals surface area (Å²) in [5, 5.41) is 3.45. The van der Waals surface area contributed by atoms with Gasteiger partial charge in [-0.25, -0.2) is 0 Å². The summed E-state index contributed by atoms with van der Waals surface area (Å²) in [6.07, 6.45) is 2.22. The standard InChI is InChI=1S/C18H25NOS/c1-4-9-19-12-18-11-16(14(3)21-18)13-20-17-8-6-7-15(5-2)10-17/h6-8,10-11,19H,4-5,9,12-13H2,1-3H3. The van der Waals surface area contributed by atoms with Gasteiger partial charge in [0.2, 0.25) is 0 Å². The van der Waals surface area contributed by atoms with Gasteiger partial charge in [-0.2, -0.15) is 0 Å². The van der Waals surface area contributed by atoms with Crippen molar-refractivity contribution in [2.45, 2.75) is 46.8 Å². The van der Waals surface area contributed by atoms with Gasteiger partial charge < -0.3 is 10.1 Å². The van der Waals surface area contributed by atoms with Crippen LogP contribution < -0.4 is 10.1 Å². The van der Waals surface area contributed by atoms with Crippen molar-refractivity contribution in [3.05, 3.63) is 51.2 Å². The minimum Gasteiger partial charge on any atom is -0.489 e. The van der Waals surface area contributed by atoms with Gasteiger partial charge in [-0.1, -0.05) is 26.0 Å². The average Bonchev–Trinajstić information content (AvgIpc) is 2.86. The first-order chi connectivity index (χ1) is 10.2. The molecular formula is C18H25NOS. The highest BCUT2D eigenvalue weighted by Gasteiger charge is 2.06. The van der Waals surface area contributed by atoms with Crippen LogP contribution in [0.5, 0.6) is 5.75 Å². The molecule has 3 heteroatoms. The van der Waals surface area contributed by atoms with Crippen molar-refractivity contribution < 1.29 is 4.74 Å². The van der Waals surface area contributed by atoms with Crippen molar-refractivity contribution in [2.75, 3.05) is 6.54 Å². The highest BCUT2D eigenvalue weighted by atomic mass is 32.1. The van der Waals surface area contributed by atoms with Crippen LogP contribution in [-0.2, 0) is 19.6 Å². The molecule has 0 saturated carbocycles. The lowest BCUT2D eigenvalue weighted by atomic mass is 10.2. The second-order valence-electron chi connectivity index (χ2n) is 5.26. The van der Waals surface area contributed by atoms with E-state index in [0.717, 1.165) is 25.3 Å². The minimum atomic E-state index is 0.656. The molecule has 0 aliphatic rings. The largest absolute Gasteiger partial charge is 0.489 e. The summed E-state index contributed by atoms with van der Waals surface area (Å²) in [7, 11) is 0. The van der Waals surface area contributed by atoms with Crippen LogP contribution in [0.2, 0.25) is 0 Å². The molecule has 21 heavy (non-hydrogen) atoms. The van der Waals surface area contributed by atoms with Crippen LogP contribution in [0.1, 0.15) is 41.1 Å². The van der Waals surface area contributed by atoms with Crippen LogP contribution >= 0.6 is 11.3 Å². The van der Waals surface area contributed by atoms with Crippen LogP contribution in [-0.4, -0.2) is 6.54 Å². The highest BCUT2D eigenvalue weighted by molar-refractivity contribution is 7.12. The molecule has 114 valence electrons. The fraction of sp³-hybridized carbons (Fsp3) is 0.444. The van der Waals surface area contributed by atoms with Crippen LogP contribution in [0.25, 0.3) is 0 Å². The fourth-order valence-corrected chi connectivity index (χ4v) is 3.24. The molecule has 0 fully saturated rings. The highest BCUT2D eigenvalue weighted by Crippen LogP contribution is 2.23. The van der Waals surface area contributed by atoms with Crippen LogP contribution in [0, 0.1) is 6.92 Å². The molecule has 2 nitrogen and oxygen atoms in total. The number of nitrogens with one attached hydrogen (secondary N) is 1. The molecule has 1 heterocycles. The number of hydrogen-bond acceptors (Lipinski definition) is 3. The fourth-order valence-electron chi connectivity index (χ4n) is 2.22. The van der Waals surface area contributed by atoms with Crippen molar-refractivity contribution in [1.82, 2.24) is 5.32 Å². The molecule has 0 atom stereocenters. The van der Waals surface area contributed by atoms with E-state index < -0.39 is 0 Å². The van der Waals surface area contributed by atoms with Gasteiger partial charge in [0.05, 0.1) is 0 Å². The molecule has 0 amide bonds. The van der Waals surface area contributed by atoms with Gasteiger partial charge >= 0.3 is 0 Å². The molecule has 0 spiro atoms. The zero-order valence-corrected chi connectivity index (χ0v) is 14.1. The number of benzene rings is 1. The zero-order chi connectivity index (χ0) is 15.1. The summed E-state index contributed by atoms with van der Waals surface area (Å²) >= 11 is 1.87. The Morgan fingerprint density at radius 2 is 2.05 bits per heavy atom. The molecule has 2 aromatic rings. The van der Waals surface area contributed by atoms with Gasteiger partial charge in [-0.05, 0) is 50.1 Å². The first-order valence-corrected chi connectivity index (χ1v) is 8.55. The molecule has 0 aliphatic heterocycles. The zero-order valence-electron chi connectivity index (χ0n) is 13.2. The van der Waals surface area contributed by atoms with Gasteiger partial charge in [0.15, 0.2) is 0 Å². The molecule has 1 aromatic carbocycles. The number of aryl methyl sites for hydroxylation is 2. The molecule has 0 aliphatic carbocycles. The van der Waals surface area contributed by atoms with E-state index in [1.807, 2.05) is 17.4 Å². The van der Waals surface area contributed by atoms with E-state index in [9.17, 15) is 0 Å². The first kappa shape index (κ1) is 16.1. The van der Waals surface area contributed by atoms with E-state index in [1.165, 1.54) is 27.3 Å². The molecular weight excluding hydrogens is 278 g/mol. The lowest BCUT2D eigenvalue weighted by Crippen LogP contribution is -2.12. The average molecular weight is 303 g/mol. The second kappa shape index (κ2) is 8.20. The summed E-state index contributed by atoms with van der Waals surface area (Å²) in [5.74, 6) is 0.964. The third-order valence-corrected chi connectivity index (χ3v) is 4.59. The summed E-state index contributed by atoms with van der Waals surface area (Å²) in [6, 6.07) is 10.6. The van der Waals surface area contributed by atoms with Crippen LogP contribution in [0.15, 0.2) is 30.3 Å². The molecule has 0 saturated heterocycles. The molecule has 0 unspecified atom stereocenters. The minimum absolute atomic E-state index is 0.656. The number of hydrogen-bond donors (Lipinski definition) is 1. The van der Waals surface area contributed by atoms with E-state index in [2.05, 4.69) is 50.4 Å². The van der Waals surface area contributed by atoms with Gasteiger partial charge in [-0.3, -0.25) is 0 Å². The molecule has 1 N–H and O–H groups in total. The Hall–Kier alpha value is -1.32. The predicted octanol–water partition coefficient (Wildman–Crippen LogP) is 4.70. The Kier molecular flexibility index (Phi) is 6.27. The van der Waals surface area contributed by atoms with Crippen molar-refractivity contribution in [3.63, 3.8) is 0 Å². The summed E-state index contributed by atoms with van der Waals surface area (Å²) in [4.78, 5) is 2.75. The normalized spacial score (nSPS) is 10.8. The summed E-state index contributed by atoms with van der Waals surface area (Å²) in [6.45, 7) is 9.23. The number of rotatable bonds is 8. The van der Waals surface area contributed by atoms with Gasteiger partial charge in [0.1, 0.15) is 12.4 Å². The third-order valence-electron chi connectivity index (χ3n) is 3.50. The SMILES string of the molecule is CCCNCc1cc(COc2cccc(CC)c2)c(C)s1. The van der Waals surface area contributed by atoms with E-state index in [-0.39, 0.29) is 0 Å². The third kappa shape index (κ3) is 4.87. The van der Waals surface area contributed by atoms with Crippen LogP contribution in [0.4, 0.5) is 0 Å². The maximum atomic E-state index is 5.94. The van der Waals surface area contributed by atoms with Gasteiger partial charge in [0, 0.05) is 21.9 Å². The van der Waals surface area contributed by atoms with Gasteiger partial charge in [-0.15, -0.1) is 11.3 Å². The second-order valence-corrected chi connectivity index (χ2v) is 6.60. The predicted molar refractivity (Wildman–Crippen MR) is 91.2 cm³/mol. The quantitative estimate of drug-likeness (QED) is 0.714. The lowest BCUT2D eigenvalue weighted by Gasteiger charge is -2.07. The van der Waals surface area contributed by atoms with E-state index in [4.69, 9.17) is 4.74 Å². The number of thiophene rings is 1. The Morgan fingerprint density at radius 1 is 1.19 bits per heavy atom. The maximum Gasteiger partial charge on any atom is 0.120 e. The Labute approximate surface area is 132 Å². The molecule has 1 aromatic heterocycles. The van der Waals surface area contributed by atoms with Gasteiger partial charge in [0.25, 0.3) is 0 Å². The molecule has 0 bridgehead atoms. The monoisotopic (exact) mass is 303 g/mol. The van der Waals surface area contributed by atoms with E-state index >= 15 is 0 Å². The Balaban J connectivity index is 1.93. The summed E-state index contributed by atoms with van der Waals surface area (Å²) in [5.41, 5.74) is 2.62. The van der Waals surface area contributed by atoms with Crippen molar-refractivity contribution in [3.8, 4) is 5.75 Å². The maximum absolute atomic E-state index is 5.94. The van der Waals surface area contributed by atoms with Crippen molar-refractivity contribution in [1.29, 1.82) is 0 Å². The van der Waals surface area contributed by atoms with Crippen molar-refractivity contribution >= 4 is 11.3 Å². The molecule has 0 radical (unpaired) electrons. The topological polar surface area (TPSA) is 21.3 Å². The Bertz CT molecular complexity index is 562. The van der Waals surface area contributed by atoms with E-state index in [1.54, 1.807) is 0 Å². The van der Waals surface area contributed by atoms with Crippen LogP contribution in [0.3, 0.4) is 0 Å². The van der Waals surface area contributed by atoms with E-state index in [0.29, 0.717) is 6.61 Å². The summed E-state index contributed by atoms with van der Waals surface area (Å²) < 4.78 is 5.94. The molecule has 2 rings (SSSR count). The lowest BCUT2D eigenvalue weighted by molar-refractivity contribution is 0.305. The smallest absolute Gasteiger partial charge is 0.120 e.